The quantitative estimate of drug-likeness (QED) is 0.220. The standard InChI is InChI=1S/C29H29N7O5/c1-5-41-26(37)24(18-11-7-6-8-12-18)34-29-33-20-13-9-10-14-21(20)36(29)28-31-17-30-27(35-28)32-19-15-22(38-2)25(40-4)23(16-19)39-3/h6-17,24H,5H2,1-4H3,(H,33,34)(H,30,31,32,35). The lowest BCUT2D eigenvalue weighted by Crippen LogP contribution is -2.25. The minimum Gasteiger partial charge on any atom is -0.493 e. The summed E-state index contributed by atoms with van der Waals surface area (Å²) in [4.78, 5) is 31.1. The normalized spacial score (nSPS) is 11.5. The number of hydrogen-bond acceptors (Lipinski definition) is 11. The first-order valence-corrected chi connectivity index (χ1v) is 12.8. The smallest absolute Gasteiger partial charge is 0.333 e. The molecule has 0 fully saturated rings. The third kappa shape index (κ3) is 5.66. The average Bonchev–Trinajstić information content (AvgIpc) is 3.38. The van der Waals surface area contributed by atoms with Gasteiger partial charge in [0, 0.05) is 17.8 Å². The first-order valence-electron chi connectivity index (χ1n) is 12.8. The molecule has 1 unspecified atom stereocenters. The summed E-state index contributed by atoms with van der Waals surface area (Å²) in [6, 6.07) is 19.5. The molecule has 2 heterocycles. The molecule has 12 nitrogen and oxygen atoms in total. The zero-order chi connectivity index (χ0) is 28.8. The topological polar surface area (TPSA) is 135 Å². The van der Waals surface area contributed by atoms with Crippen LogP contribution in [-0.4, -0.2) is 58.4 Å². The fraction of sp³-hybridized carbons (Fsp3) is 0.207. The van der Waals surface area contributed by atoms with Gasteiger partial charge in [-0.2, -0.15) is 4.98 Å². The number of para-hydroxylation sites is 2. The number of carbonyl (C=O) groups is 1. The molecule has 3 aromatic carbocycles. The van der Waals surface area contributed by atoms with Crippen molar-refractivity contribution in [2.45, 2.75) is 13.0 Å². The molecule has 0 saturated heterocycles. The average molecular weight is 556 g/mol. The third-order valence-electron chi connectivity index (χ3n) is 6.17. The third-order valence-corrected chi connectivity index (χ3v) is 6.17. The molecule has 2 aromatic heterocycles. The van der Waals surface area contributed by atoms with E-state index >= 15 is 0 Å². The van der Waals surface area contributed by atoms with Crippen molar-refractivity contribution in [2.75, 3.05) is 38.6 Å². The molecular formula is C29H29N7O5. The molecule has 5 rings (SSSR count). The Morgan fingerprint density at radius 3 is 2.29 bits per heavy atom. The van der Waals surface area contributed by atoms with Gasteiger partial charge in [-0.25, -0.2) is 24.3 Å². The number of methoxy groups -OCH3 is 3. The van der Waals surface area contributed by atoms with Crippen molar-refractivity contribution < 1.29 is 23.7 Å². The van der Waals surface area contributed by atoms with Gasteiger partial charge in [0.05, 0.1) is 39.0 Å². The van der Waals surface area contributed by atoms with Crippen LogP contribution in [-0.2, 0) is 9.53 Å². The largest absolute Gasteiger partial charge is 0.493 e. The van der Waals surface area contributed by atoms with Crippen molar-refractivity contribution in [3.8, 4) is 23.2 Å². The Morgan fingerprint density at radius 1 is 0.902 bits per heavy atom. The van der Waals surface area contributed by atoms with Gasteiger partial charge in [0.2, 0.25) is 23.6 Å². The maximum atomic E-state index is 13.0. The Morgan fingerprint density at radius 2 is 1.61 bits per heavy atom. The second-order valence-corrected chi connectivity index (χ2v) is 8.65. The number of hydrogen-bond donors (Lipinski definition) is 2. The van der Waals surface area contributed by atoms with E-state index in [4.69, 9.17) is 23.9 Å². The number of anilines is 3. The number of nitrogens with one attached hydrogen (secondary N) is 2. The van der Waals surface area contributed by atoms with Crippen LogP contribution in [0.3, 0.4) is 0 Å². The monoisotopic (exact) mass is 555 g/mol. The van der Waals surface area contributed by atoms with E-state index in [1.807, 2.05) is 54.6 Å². The van der Waals surface area contributed by atoms with E-state index < -0.39 is 12.0 Å². The predicted molar refractivity (Wildman–Crippen MR) is 153 cm³/mol. The zero-order valence-electron chi connectivity index (χ0n) is 23.0. The second-order valence-electron chi connectivity index (χ2n) is 8.65. The first-order chi connectivity index (χ1) is 20.1. The van der Waals surface area contributed by atoms with Gasteiger partial charge in [0.1, 0.15) is 6.33 Å². The van der Waals surface area contributed by atoms with Gasteiger partial charge >= 0.3 is 5.97 Å². The van der Waals surface area contributed by atoms with E-state index in [1.165, 1.54) is 13.4 Å². The molecule has 0 aliphatic heterocycles. The highest BCUT2D eigenvalue weighted by Crippen LogP contribution is 2.40. The van der Waals surface area contributed by atoms with Crippen LogP contribution >= 0.6 is 0 Å². The highest BCUT2D eigenvalue weighted by molar-refractivity contribution is 5.84. The van der Waals surface area contributed by atoms with Crippen molar-refractivity contribution in [3.05, 3.63) is 78.6 Å². The lowest BCUT2D eigenvalue weighted by molar-refractivity contribution is -0.144. The van der Waals surface area contributed by atoms with Gasteiger partial charge < -0.3 is 29.6 Å². The maximum Gasteiger partial charge on any atom is 0.333 e. The lowest BCUT2D eigenvalue weighted by Gasteiger charge is -2.19. The molecule has 0 amide bonds. The van der Waals surface area contributed by atoms with E-state index in [0.717, 1.165) is 11.1 Å². The van der Waals surface area contributed by atoms with Crippen molar-refractivity contribution in [3.63, 3.8) is 0 Å². The van der Waals surface area contributed by atoms with E-state index in [-0.39, 0.29) is 18.5 Å². The summed E-state index contributed by atoms with van der Waals surface area (Å²) in [6.07, 6.45) is 1.39. The van der Waals surface area contributed by atoms with Crippen LogP contribution in [0.25, 0.3) is 17.0 Å². The number of benzene rings is 3. The van der Waals surface area contributed by atoms with Gasteiger partial charge in [-0.1, -0.05) is 42.5 Å². The summed E-state index contributed by atoms with van der Waals surface area (Å²) in [7, 11) is 4.62. The number of fused-ring (bicyclic) bond motifs is 1. The van der Waals surface area contributed by atoms with Crippen LogP contribution in [0, 0.1) is 0 Å². The van der Waals surface area contributed by atoms with Crippen LogP contribution in [0.4, 0.5) is 17.6 Å². The van der Waals surface area contributed by atoms with Gasteiger partial charge in [-0.15, -0.1) is 0 Å². The van der Waals surface area contributed by atoms with Crippen molar-refractivity contribution in [1.29, 1.82) is 0 Å². The summed E-state index contributed by atoms with van der Waals surface area (Å²) in [5, 5.41) is 6.43. The molecular weight excluding hydrogens is 526 g/mol. The highest BCUT2D eigenvalue weighted by Gasteiger charge is 2.26. The number of nitrogens with zero attached hydrogens (tertiary/aromatic N) is 5. The van der Waals surface area contributed by atoms with Crippen LogP contribution in [0.15, 0.2) is 73.1 Å². The summed E-state index contributed by atoms with van der Waals surface area (Å²) in [6.45, 7) is 2.01. The molecule has 41 heavy (non-hydrogen) atoms. The van der Waals surface area contributed by atoms with Crippen LogP contribution in [0.5, 0.6) is 17.2 Å². The number of esters is 1. The van der Waals surface area contributed by atoms with E-state index in [0.29, 0.717) is 34.4 Å². The van der Waals surface area contributed by atoms with E-state index in [2.05, 4.69) is 25.6 Å². The molecule has 0 saturated carbocycles. The Bertz CT molecular complexity index is 1630. The SMILES string of the molecule is CCOC(=O)C(Nc1nc2ccccc2n1-c1ncnc(Nc2cc(OC)c(OC)c(OC)c2)n1)c1ccccc1. The Labute approximate surface area is 236 Å². The Hall–Kier alpha value is -5.39. The molecule has 0 aliphatic carbocycles. The highest BCUT2D eigenvalue weighted by atomic mass is 16.5. The van der Waals surface area contributed by atoms with Crippen LogP contribution < -0.4 is 24.8 Å². The van der Waals surface area contributed by atoms with Crippen LogP contribution in [0.1, 0.15) is 18.5 Å². The van der Waals surface area contributed by atoms with Gasteiger partial charge in [0.25, 0.3) is 0 Å². The predicted octanol–water partition coefficient (Wildman–Crippen LogP) is 4.70. The molecule has 5 aromatic rings. The molecule has 0 spiro atoms. The van der Waals surface area contributed by atoms with Crippen molar-refractivity contribution in [1.82, 2.24) is 24.5 Å². The minimum absolute atomic E-state index is 0.240. The van der Waals surface area contributed by atoms with Crippen LogP contribution in [0.2, 0.25) is 0 Å². The van der Waals surface area contributed by atoms with Gasteiger partial charge in [0.15, 0.2) is 17.5 Å². The lowest BCUT2D eigenvalue weighted by atomic mass is 10.1. The molecule has 0 aliphatic rings. The van der Waals surface area contributed by atoms with Crippen molar-refractivity contribution in [2.24, 2.45) is 0 Å². The first kappa shape index (κ1) is 27.2. The molecule has 0 bridgehead atoms. The summed E-state index contributed by atoms with van der Waals surface area (Å²) >= 11 is 0. The molecule has 12 heteroatoms. The minimum atomic E-state index is -0.814. The fourth-order valence-electron chi connectivity index (χ4n) is 4.34. The Kier molecular flexibility index (Phi) is 8.09. The number of ether oxygens (including phenoxy) is 4. The van der Waals surface area contributed by atoms with Gasteiger partial charge in [-0.3, -0.25) is 0 Å². The maximum absolute atomic E-state index is 13.0. The molecule has 2 N–H and O–H groups in total. The Balaban J connectivity index is 1.55. The number of imidazole rings is 1. The molecule has 0 radical (unpaired) electrons. The van der Waals surface area contributed by atoms with E-state index in [9.17, 15) is 4.79 Å². The van der Waals surface area contributed by atoms with E-state index in [1.54, 1.807) is 37.8 Å². The number of aromatic nitrogens is 5. The van der Waals surface area contributed by atoms with Gasteiger partial charge in [-0.05, 0) is 24.6 Å². The summed E-state index contributed by atoms with van der Waals surface area (Å²) in [5.74, 6) is 1.88. The fourth-order valence-corrected chi connectivity index (χ4v) is 4.34. The molecule has 1 atom stereocenters. The zero-order valence-corrected chi connectivity index (χ0v) is 23.0. The summed E-state index contributed by atoms with van der Waals surface area (Å²) < 4.78 is 23.4. The number of carbonyl (C=O) groups excluding carboxylic acids is 1. The summed E-state index contributed by atoms with van der Waals surface area (Å²) in [5.41, 5.74) is 2.75. The second kappa shape index (κ2) is 12.2. The van der Waals surface area contributed by atoms with Crippen molar-refractivity contribution >= 4 is 34.6 Å². The molecule has 210 valence electrons. The number of rotatable bonds is 11.